The van der Waals surface area contributed by atoms with Crippen LogP contribution in [0, 0.1) is 0 Å². The van der Waals surface area contributed by atoms with E-state index in [4.69, 9.17) is 0 Å². The van der Waals surface area contributed by atoms with Gasteiger partial charge in [-0.25, -0.2) is 4.68 Å². The van der Waals surface area contributed by atoms with E-state index in [2.05, 4.69) is 5.10 Å². The summed E-state index contributed by atoms with van der Waals surface area (Å²) in [5.41, 5.74) is 3.66. The molecule has 0 saturated carbocycles. The molecule has 0 spiro atoms. The zero-order chi connectivity index (χ0) is 13.1. The summed E-state index contributed by atoms with van der Waals surface area (Å²) in [5.74, 6) is 0. The summed E-state index contributed by atoms with van der Waals surface area (Å²) in [7, 11) is 0. The van der Waals surface area contributed by atoms with Gasteiger partial charge >= 0.3 is 0 Å². The number of aromatic nitrogens is 2. The van der Waals surface area contributed by atoms with E-state index in [1.807, 2.05) is 66.9 Å². The van der Waals surface area contributed by atoms with Crippen molar-refractivity contribution in [1.82, 2.24) is 9.78 Å². The second-order valence-electron chi connectivity index (χ2n) is 4.31. The van der Waals surface area contributed by atoms with Gasteiger partial charge in [0.15, 0.2) is 0 Å². The fourth-order valence-corrected chi connectivity index (χ4v) is 2.08. The van der Waals surface area contributed by atoms with Crippen molar-refractivity contribution in [3.05, 3.63) is 72.4 Å². The topological polar surface area (TPSA) is 38.0 Å². The lowest BCUT2D eigenvalue weighted by Gasteiger charge is -2.00. The molecule has 0 bridgehead atoms. The summed E-state index contributed by atoms with van der Waals surface area (Å²) < 4.78 is 1.80. The first-order valence-corrected chi connectivity index (χ1v) is 6.19. The highest BCUT2D eigenvalue weighted by Crippen LogP contribution is 2.23. The number of aliphatic hydroxyl groups is 1. The first-order valence-electron chi connectivity index (χ1n) is 6.19. The van der Waals surface area contributed by atoms with E-state index in [-0.39, 0.29) is 6.61 Å². The fraction of sp³-hybridized carbons (Fsp3) is 0.0625. The van der Waals surface area contributed by atoms with Crippen LogP contribution in [0.3, 0.4) is 0 Å². The van der Waals surface area contributed by atoms with Gasteiger partial charge in [0.25, 0.3) is 0 Å². The number of hydrogen-bond acceptors (Lipinski definition) is 2. The minimum Gasteiger partial charge on any atom is -0.392 e. The Balaban J connectivity index is 2.09. The maximum absolute atomic E-state index is 9.49. The van der Waals surface area contributed by atoms with E-state index in [1.165, 1.54) is 0 Å². The maximum atomic E-state index is 9.49. The van der Waals surface area contributed by atoms with Crippen molar-refractivity contribution in [3.63, 3.8) is 0 Å². The van der Waals surface area contributed by atoms with Crippen molar-refractivity contribution in [3.8, 4) is 16.9 Å². The van der Waals surface area contributed by atoms with Crippen LogP contribution in [-0.4, -0.2) is 14.9 Å². The Morgan fingerprint density at radius 1 is 0.895 bits per heavy atom. The van der Waals surface area contributed by atoms with E-state index in [0.29, 0.717) is 0 Å². The van der Waals surface area contributed by atoms with Gasteiger partial charge in [-0.3, -0.25) is 0 Å². The van der Waals surface area contributed by atoms with Crippen LogP contribution in [-0.2, 0) is 6.61 Å². The van der Waals surface area contributed by atoms with E-state index in [1.54, 1.807) is 4.68 Å². The highest BCUT2D eigenvalue weighted by atomic mass is 16.3. The first-order chi connectivity index (χ1) is 9.38. The average molecular weight is 250 g/mol. The SMILES string of the molecule is OCc1cn(-c2ccccc2)nc1-c1ccccc1. The van der Waals surface area contributed by atoms with Gasteiger partial charge in [-0.15, -0.1) is 0 Å². The predicted molar refractivity (Wildman–Crippen MR) is 74.9 cm³/mol. The van der Waals surface area contributed by atoms with Crippen LogP contribution in [0.25, 0.3) is 16.9 Å². The number of hydrogen-bond donors (Lipinski definition) is 1. The normalized spacial score (nSPS) is 10.6. The van der Waals surface area contributed by atoms with Crippen molar-refractivity contribution in [2.24, 2.45) is 0 Å². The molecular formula is C16H14N2O. The molecule has 0 aliphatic carbocycles. The molecule has 3 aromatic rings. The van der Waals surface area contributed by atoms with Crippen LogP contribution in [0.4, 0.5) is 0 Å². The van der Waals surface area contributed by atoms with Crippen molar-refractivity contribution in [2.45, 2.75) is 6.61 Å². The van der Waals surface area contributed by atoms with Crippen LogP contribution < -0.4 is 0 Å². The molecular weight excluding hydrogens is 236 g/mol. The van der Waals surface area contributed by atoms with Crippen LogP contribution in [0.5, 0.6) is 0 Å². The molecule has 19 heavy (non-hydrogen) atoms. The van der Waals surface area contributed by atoms with Gasteiger partial charge in [-0.05, 0) is 12.1 Å². The van der Waals surface area contributed by atoms with Crippen LogP contribution in [0.1, 0.15) is 5.56 Å². The minimum absolute atomic E-state index is 0.0168. The van der Waals surface area contributed by atoms with Crippen LogP contribution in [0.2, 0.25) is 0 Å². The fourth-order valence-electron chi connectivity index (χ4n) is 2.08. The molecule has 0 unspecified atom stereocenters. The van der Waals surface area contributed by atoms with Crippen molar-refractivity contribution in [1.29, 1.82) is 0 Å². The predicted octanol–water partition coefficient (Wildman–Crippen LogP) is 3.03. The number of benzene rings is 2. The van der Waals surface area contributed by atoms with Crippen molar-refractivity contribution >= 4 is 0 Å². The summed E-state index contributed by atoms with van der Waals surface area (Å²) >= 11 is 0. The largest absolute Gasteiger partial charge is 0.392 e. The lowest BCUT2D eigenvalue weighted by atomic mass is 10.1. The molecule has 0 atom stereocenters. The molecule has 3 nitrogen and oxygen atoms in total. The third kappa shape index (κ3) is 2.28. The van der Waals surface area contributed by atoms with E-state index in [9.17, 15) is 5.11 Å². The van der Waals surface area contributed by atoms with E-state index in [0.717, 1.165) is 22.5 Å². The number of nitrogens with zero attached hydrogens (tertiary/aromatic N) is 2. The summed E-state index contributed by atoms with van der Waals surface area (Å²) in [6, 6.07) is 19.8. The Hall–Kier alpha value is -2.39. The highest BCUT2D eigenvalue weighted by Gasteiger charge is 2.10. The zero-order valence-electron chi connectivity index (χ0n) is 10.4. The minimum atomic E-state index is -0.0168. The lowest BCUT2D eigenvalue weighted by Crippen LogP contribution is -1.93. The standard InChI is InChI=1S/C16H14N2O/c19-12-14-11-18(15-9-5-2-6-10-15)17-16(14)13-7-3-1-4-8-13/h1-11,19H,12H2. The van der Waals surface area contributed by atoms with Gasteiger partial charge in [0.05, 0.1) is 18.0 Å². The highest BCUT2D eigenvalue weighted by molar-refractivity contribution is 5.62. The molecule has 2 aromatic carbocycles. The molecule has 3 rings (SSSR count). The zero-order valence-corrected chi connectivity index (χ0v) is 10.4. The molecule has 94 valence electrons. The molecule has 1 aromatic heterocycles. The Morgan fingerprint density at radius 3 is 2.16 bits per heavy atom. The summed E-state index contributed by atoms with van der Waals surface area (Å²) in [4.78, 5) is 0. The van der Waals surface area contributed by atoms with Gasteiger partial charge in [0, 0.05) is 17.3 Å². The van der Waals surface area contributed by atoms with E-state index >= 15 is 0 Å². The Morgan fingerprint density at radius 2 is 1.53 bits per heavy atom. The third-order valence-corrected chi connectivity index (χ3v) is 3.03. The van der Waals surface area contributed by atoms with Crippen LogP contribution in [0.15, 0.2) is 66.9 Å². The number of para-hydroxylation sites is 1. The van der Waals surface area contributed by atoms with Crippen molar-refractivity contribution in [2.75, 3.05) is 0 Å². The molecule has 0 amide bonds. The summed E-state index contributed by atoms with van der Waals surface area (Å²) in [6.45, 7) is -0.0168. The van der Waals surface area contributed by atoms with Gasteiger partial charge in [-0.1, -0.05) is 48.5 Å². The molecule has 3 heteroatoms. The van der Waals surface area contributed by atoms with Gasteiger partial charge in [-0.2, -0.15) is 5.10 Å². The first kappa shape index (κ1) is 11.7. The third-order valence-electron chi connectivity index (χ3n) is 3.03. The van der Waals surface area contributed by atoms with Crippen LogP contribution >= 0.6 is 0 Å². The molecule has 0 radical (unpaired) electrons. The molecule has 0 fully saturated rings. The second kappa shape index (κ2) is 5.08. The number of rotatable bonds is 3. The quantitative estimate of drug-likeness (QED) is 0.776. The lowest BCUT2D eigenvalue weighted by molar-refractivity contribution is 0.282. The van der Waals surface area contributed by atoms with Gasteiger partial charge < -0.3 is 5.11 Å². The Bertz CT molecular complexity index is 660. The molecule has 1 N–H and O–H groups in total. The monoisotopic (exact) mass is 250 g/mol. The summed E-state index contributed by atoms with van der Waals surface area (Å²) in [6.07, 6.45) is 1.87. The van der Waals surface area contributed by atoms with Crippen molar-refractivity contribution < 1.29 is 5.11 Å². The summed E-state index contributed by atoms with van der Waals surface area (Å²) in [5, 5.41) is 14.1. The molecule has 0 saturated heterocycles. The average Bonchev–Trinajstić information content (AvgIpc) is 2.93. The molecule has 0 aliphatic rings. The Labute approximate surface area is 111 Å². The maximum Gasteiger partial charge on any atom is 0.0982 e. The van der Waals surface area contributed by atoms with Gasteiger partial charge in [0.1, 0.15) is 0 Å². The second-order valence-corrected chi connectivity index (χ2v) is 4.31. The van der Waals surface area contributed by atoms with E-state index < -0.39 is 0 Å². The Kier molecular flexibility index (Phi) is 3.12. The number of aliphatic hydroxyl groups excluding tert-OH is 1. The van der Waals surface area contributed by atoms with Gasteiger partial charge in [0.2, 0.25) is 0 Å². The molecule has 0 aliphatic heterocycles. The smallest absolute Gasteiger partial charge is 0.0982 e. The molecule has 1 heterocycles.